The number of hydrogen-bond donors (Lipinski definition) is 1. The number of benzene rings is 1. The van der Waals surface area contributed by atoms with Crippen molar-refractivity contribution >= 4 is 33.3 Å². The van der Waals surface area contributed by atoms with Crippen LogP contribution in [0.15, 0.2) is 29.3 Å². The standard InChI is InChI=1S/C35H40BrF3N8O3.C2H2F2/c1-4-8-21-15-22(40)16-23(28(21)35(37,38)39)27-17-25-24(19-49-27)31(42-33(41-25)50-20-34-9-5-12-46(34)13-6-10-34)45-11-7-14-47-26(18-45)29(36)30(43-47)32(48)44(2)3;1-2(3)4/h15-16,27H,5-7,9-14,17-20,40H2,1-3H3;1H2. The first-order valence-corrected chi connectivity index (χ1v) is 18.5. The van der Waals surface area contributed by atoms with Crippen molar-refractivity contribution in [3.8, 4) is 17.9 Å². The number of aryl methyl sites for hydroxylation is 1. The SMILES string of the molecule is C=C(F)F.CC#Cc1cc(N)cc(C2Cc3nc(OCC45CCCN4CCC5)nc(N4CCCn5nc(C(=O)N(C)C)c(Br)c5C4)c3CO2)c1C(F)(F)F. The monoisotopic (exact) mass is 820 g/mol. The molecular weight excluding hydrogens is 779 g/mol. The van der Waals surface area contributed by atoms with Gasteiger partial charge in [0.05, 0.1) is 46.2 Å². The summed E-state index contributed by atoms with van der Waals surface area (Å²) in [6.45, 7) is 7.80. The molecule has 0 bridgehead atoms. The highest BCUT2D eigenvalue weighted by atomic mass is 79.9. The highest BCUT2D eigenvalue weighted by molar-refractivity contribution is 9.10. The lowest BCUT2D eigenvalue weighted by molar-refractivity contribution is -0.140. The van der Waals surface area contributed by atoms with Gasteiger partial charge in [0.2, 0.25) is 0 Å². The van der Waals surface area contributed by atoms with Gasteiger partial charge in [-0.05, 0) is 92.3 Å². The molecule has 2 N–H and O–H groups in total. The second-order valence-corrected chi connectivity index (χ2v) is 14.8. The number of nitrogen functional groups attached to an aromatic ring is 1. The number of nitrogens with zero attached hydrogens (tertiary/aromatic N) is 7. The third-order valence-electron chi connectivity index (χ3n) is 10.3. The van der Waals surface area contributed by atoms with Gasteiger partial charge >= 0.3 is 12.2 Å². The molecule has 4 aliphatic rings. The normalized spacial score (nSPS) is 19.0. The molecule has 0 saturated carbocycles. The van der Waals surface area contributed by atoms with Crippen molar-refractivity contribution in [1.29, 1.82) is 0 Å². The Balaban J connectivity index is 0.00000119. The fraction of sp³-hybridized carbons (Fsp3) is 0.514. The van der Waals surface area contributed by atoms with Gasteiger partial charge in [-0.15, -0.1) is 5.92 Å². The van der Waals surface area contributed by atoms with Gasteiger partial charge in [0.15, 0.2) is 5.69 Å². The molecule has 54 heavy (non-hydrogen) atoms. The van der Waals surface area contributed by atoms with Gasteiger partial charge in [0.1, 0.15) is 12.4 Å². The van der Waals surface area contributed by atoms with Crippen LogP contribution < -0.4 is 15.4 Å². The van der Waals surface area contributed by atoms with E-state index < -0.39 is 23.9 Å². The molecule has 17 heteroatoms. The number of ether oxygens (including phenoxy) is 2. The Morgan fingerprint density at radius 3 is 2.50 bits per heavy atom. The zero-order chi connectivity index (χ0) is 38.9. The summed E-state index contributed by atoms with van der Waals surface area (Å²) in [7, 11) is 3.37. The number of carbonyl (C=O) groups is 1. The number of carbonyl (C=O) groups excluding carboxylic acids is 1. The summed E-state index contributed by atoms with van der Waals surface area (Å²) in [5.74, 6) is 5.55. The fourth-order valence-corrected chi connectivity index (χ4v) is 8.50. The van der Waals surface area contributed by atoms with Crippen LogP contribution >= 0.6 is 15.9 Å². The van der Waals surface area contributed by atoms with Gasteiger partial charge in [-0.1, -0.05) is 5.92 Å². The van der Waals surface area contributed by atoms with Crippen LogP contribution in [0, 0.1) is 11.8 Å². The first kappa shape index (κ1) is 39.4. The van der Waals surface area contributed by atoms with Crippen LogP contribution in [0.2, 0.25) is 0 Å². The van der Waals surface area contributed by atoms with E-state index in [0.29, 0.717) is 59.9 Å². The number of anilines is 2. The minimum absolute atomic E-state index is 0.0183. The Hall–Kier alpha value is -4.27. The van der Waals surface area contributed by atoms with E-state index in [1.54, 1.807) is 14.1 Å². The maximum atomic E-state index is 14.6. The van der Waals surface area contributed by atoms with E-state index in [4.69, 9.17) is 25.2 Å². The van der Waals surface area contributed by atoms with Crippen LogP contribution in [0.25, 0.3) is 0 Å². The zero-order valence-corrected chi connectivity index (χ0v) is 31.9. The second-order valence-electron chi connectivity index (χ2n) is 14.0. The summed E-state index contributed by atoms with van der Waals surface area (Å²) in [6.07, 6.45) is -2.42. The van der Waals surface area contributed by atoms with Gasteiger partial charge in [0, 0.05) is 50.4 Å². The summed E-state index contributed by atoms with van der Waals surface area (Å²) in [5, 5.41) is 4.62. The van der Waals surface area contributed by atoms with E-state index >= 15 is 0 Å². The summed E-state index contributed by atoms with van der Waals surface area (Å²) >= 11 is 3.64. The molecular formula is C37H42BrF5N8O3. The lowest BCUT2D eigenvalue weighted by Gasteiger charge is -2.33. The van der Waals surface area contributed by atoms with Gasteiger partial charge < -0.3 is 25.0 Å². The largest absolute Gasteiger partial charge is 0.461 e. The third kappa shape index (κ3) is 8.06. The first-order valence-electron chi connectivity index (χ1n) is 17.7. The maximum Gasteiger partial charge on any atom is 0.417 e. The van der Waals surface area contributed by atoms with Crippen LogP contribution in [-0.4, -0.2) is 81.3 Å². The Labute approximate surface area is 318 Å². The van der Waals surface area contributed by atoms with Gasteiger partial charge in [0.25, 0.3) is 12.0 Å². The van der Waals surface area contributed by atoms with Crippen LogP contribution in [0.5, 0.6) is 6.01 Å². The quantitative estimate of drug-likeness (QED) is 0.164. The van der Waals surface area contributed by atoms with Crippen molar-refractivity contribution < 1.29 is 36.2 Å². The van der Waals surface area contributed by atoms with Crippen LogP contribution in [-0.2, 0) is 37.0 Å². The molecule has 6 heterocycles. The van der Waals surface area contributed by atoms with Crippen molar-refractivity contribution in [2.45, 2.75) is 83.0 Å². The predicted octanol–water partition coefficient (Wildman–Crippen LogP) is 6.74. The molecule has 1 unspecified atom stereocenters. The second kappa shape index (κ2) is 15.8. The van der Waals surface area contributed by atoms with Crippen LogP contribution in [0.1, 0.15) is 89.3 Å². The van der Waals surface area contributed by atoms with Crippen molar-refractivity contribution in [1.82, 2.24) is 29.5 Å². The van der Waals surface area contributed by atoms with Crippen molar-refractivity contribution in [3.63, 3.8) is 0 Å². The van der Waals surface area contributed by atoms with Gasteiger partial charge in [-0.2, -0.15) is 37.0 Å². The average molecular weight is 822 g/mol. The third-order valence-corrected chi connectivity index (χ3v) is 11.1. The number of rotatable bonds is 6. The summed E-state index contributed by atoms with van der Waals surface area (Å²) in [6, 6.07) is 2.77. The minimum atomic E-state index is -4.68. The average Bonchev–Trinajstić information content (AvgIpc) is 3.72. The Bertz CT molecular complexity index is 1980. The molecule has 2 aromatic heterocycles. The summed E-state index contributed by atoms with van der Waals surface area (Å²) in [5.41, 5.74) is 7.52. The van der Waals surface area contributed by atoms with Crippen LogP contribution in [0.3, 0.4) is 0 Å². The summed E-state index contributed by atoms with van der Waals surface area (Å²) in [4.78, 5) is 28.8. The molecule has 0 aliphatic carbocycles. The molecule has 0 radical (unpaired) electrons. The van der Waals surface area contributed by atoms with E-state index in [9.17, 15) is 26.7 Å². The number of nitrogens with two attached hydrogens (primary N) is 1. The number of fused-ring (bicyclic) bond motifs is 3. The number of amides is 1. The topological polar surface area (TPSA) is 115 Å². The molecule has 7 rings (SSSR count). The van der Waals surface area contributed by atoms with E-state index in [-0.39, 0.29) is 47.3 Å². The maximum absolute atomic E-state index is 14.6. The highest BCUT2D eigenvalue weighted by Gasteiger charge is 2.45. The zero-order valence-electron chi connectivity index (χ0n) is 30.3. The first-order chi connectivity index (χ1) is 25.6. The molecule has 2 fully saturated rings. The van der Waals surface area contributed by atoms with E-state index in [2.05, 4.69) is 49.2 Å². The molecule has 1 amide bonds. The van der Waals surface area contributed by atoms with E-state index in [1.165, 1.54) is 24.0 Å². The molecule has 11 nitrogen and oxygen atoms in total. The minimum Gasteiger partial charge on any atom is -0.461 e. The van der Waals surface area contributed by atoms with Gasteiger partial charge in [-0.25, -0.2) is 0 Å². The molecule has 4 aliphatic heterocycles. The number of halogens is 6. The van der Waals surface area contributed by atoms with Crippen LogP contribution in [0.4, 0.5) is 33.5 Å². The molecule has 290 valence electrons. The van der Waals surface area contributed by atoms with E-state index in [0.717, 1.165) is 44.5 Å². The molecule has 0 spiro atoms. The molecule has 2 saturated heterocycles. The number of hydrogen-bond acceptors (Lipinski definition) is 9. The Morgan fingerprint density at radius 1 is 1.15 bits per heavy atom. The molecule has 3 aromatic rings. The Morgan fingerprint density at radius 2 is 1.85 bits per heavy atom. The number of aromatic nitrogens is 4. The number of alkyl halides is 3. The molecule has 1 atom stereocenters. The van der Waals surface area contributed by atoms with Crippen molar-refractivity contribution in [2.24, 2.45) is 0 Å². The Kier molecular flexibility index (Phi) is 11.6. The fourth-order valence-electron chi connectivity index (χ4n) is 7.92. The van der Waals surface area contributed by atoms with E-state index in [1.807, 2.05) is 4.68 Å². The smallest absolute Gasteiger partial charge is 0.417 e. The van der Waals surface area contributed by atoms with Gasteiger partial charge in [-0.3, -0.25) is 14.4 Å². The van der Waals surface area contributed by atoms with Crippen molar-refractivity contribution in [2.75, 3.05) is 51.0 Å². The molecule has 1 aromatic carbocycles. The lowest BCUT2D eigenvalue weighted by atomic mass is 9.91. The van der Waals surface area contributed by atoms with Crippen molar-refractivity contribution in [3.05, 3.63) is 68.6 Å². The lowest BCUT2D eigenvalue weighted by Crippen LogP contribution is -2.43. The summed E-state index contributed by atoms with van der Waals surface area (Å²) < 4.78 is 79.1. The predicted molar refractivity (Wildman–Crippen MR) is 195 cm³/mol. The highest BCUT2D eigenvalue weighted by Crippen LogP contribution is 2.44.